The Morgan fingerprint density at radius 1 is 0.935 bits per heavy atom. The van der Waals surface area contributed by atoms with E-state index < -0.39 is 0 Å². The first-order valence-corrected chi connectivity index (χ1v) is 10.6. The molecule has 5 heteroatoms. The number of para-hydroxylation sites is 2. The number of fused-ring (bicyclic) bond motifs is 1. The summed E-state index contributed by atoms with van der Waals surface area (Å²) < 4.78 is 13.5. The van der Waals surface area contributed by atoms with E-state index in [0.29, 0.717) is 13.2 Å². The van der Waals surface area contributed by atoms with Crippen LogP contribution in [-0.4, -0.2) is 23.3 Å². The highest BCUT2D eigenvalue weighted by atomic mass is 35.5. The summed E-state index contributed by atoms with van der Waals surface area (Å²) in [5, 5.41) is 0.791. The molecule has 0 amide bonds. The number of hydrogen-bond donors (Lipinski definition) is 0. The van der Waals surface area contributed by atoms with E-state index in [2.05, 4.69) is 16.7 Å². The summed E-state index contributed by atoms with van der Waals surface area (Å²) in [6, 6.07) is 20.1. The lowest BCUT2D eigenvalue weighted by atomic mass is 10.1. The van der Waals surface area contributed by atoms with Crippen molar-refractivity contribution in [2.75, 3.05) is 13.7 Å². The Hall–Kier alpha value is -3.24. The first-order valence-electron chi connectivity index (χ1n) is 10.2. The monoisotopic (exact) mass is 432 g/mol. The topological polar surface area (TPSA) is 36.3 Å². The number of aryl methyl sites for hydroxylation is 2. The van der Waals surface area contributed by atoms with Crippen molar-refractivity contribution in [2.45, 2.75) is 20.4 Å². The van der Waals surface area contributed by atoms with Gasteiger partial charge in [0.1, 0.15) is 23.9 Å². The van der Waals surface area contributed by atoms with Gasteiger partial charge in [0.2, 0.25) is 0 Å². The largest absolute Gasteiger partial charge is 0.497 e. The number of benzene rings is 3. The first kappa shape index (κ1) is 21.0. The standard InChI is InChI=1S/C26H25ClN2O2/c1-18-16-22(17-19(2)26(18)27)31-15-14-29-24-7-5-4-6-23(24)28-25(29)13-10-20-8-11-21(30-3)12-9-20/h4-13,16-17H,14-15H2,1-3H3/b13-10+. The summed E-state index contributed by atoms with van der Waals surface area (Å²) in [7, 11) is 1.67. The number of halogens is 1. The van der Waals surface area contributed by atoms with Gasteiger partial charge in [0.25, 0.3) is 0 Å². The second-order valence-corrected chi connectivity index (χ2v) is 7.81. The molecule has 0 saturated heterocycles. The van der Waals surface area contributed by atoms with Crippen LogP contribution in [0.1, 0.15) is 22.5 Å². The van der Waals surface area contributed by atoms with Crippen LogP contribution in [0.15, 0.2) is 60.7 Å². The highest BCUT2D eigenvalue weighted by Gasteiger charge is 2.09. The SMILES string of the molecule is COc1ccc(/C=C/c2nc3ccccc3n2CCOc2cc(C)c(Cl)c(C)c2)cc1. The molecule has 0 fully saturated rings. The zero-order chi connectivity index (χ0) is 21.8. The molecule has 0 aliphatic rings. The summed E-state index contributed by atoms with van der Waals surface area (Å²) in [6.07, 6.45) is 4.10. The minimum atomic E-state index is 0.532. The molecule has 4 rings (SSSR count). The van der Waals surface area contributed by atoms with E-state index in [1.807, 2.05) is 74.5 Å². The van der Waals surface area contributed by atoms with Crippen molar-refractivity contribution in [3.63, 3.8) is 0 Å². The van der Waals surface area contributed by atoms with Gasteiger partial charge in [0.05, 0.1) is 24.7 Å². The van der Waals surface area contributed by atoms with Crippen molar-refractivity contribution in [1.29, 1.82) is 0 Å². The number of aromatic nitrogens is 2. The third-order valence-electron chi connectivity index (χ3n) is 5.22. The van der Waals surface area contributed by atoms with Gasteiger partial charge in [0, 0.05) is 5.02 Å². The maximum absolute atomic E-state index is 6.27. The van der Waals surface area contributed by atoms with Gasteiger partial charge in [-0.05, 0) is 73.0 Å². The average Bonchev–Trinajstić information content (AvgIpc) is 3.14. The minimum Gasteiger partial charge on any atom is -0.497 e. The van der Waals surface area contributed by atoms with E-state index in [4.69, 9.17) is 26.1 Å². The average molecular weight is 433 g/mol. The summed E-state index contributed by atoms with van der Waals surface area (Å²) >= 11 is 6.27. The lowest BCUT2D eigenvalue weighted by molar-refractivity contribution is 0.299. The number of rotatable bonds is 7. The molecule has 0 aliphatic heterocycles. The zero-order valence-electron chi connectivity index (χ0n) is 17.9. The summed E-state index contributed by atoms with van der Waals surface area (Å²) in [4.78, 5) is 4.81. The molecule has 31 heavy (non-hydrogen) atoms. The van der Waals surface area contributed by atoms with Crippen LogP contribution in [0.4, 0.5) is 0 Å². The molecule has 1 aromatic heterocycles. The summed E-state index contributed by atoms with van der Waals surface area (Å²) in [5.74, 6) is 2.57. The molecular weight excluding hydrogens is 408 g/mol. The molecule has 4 nitrogen and oxygen atoms in total. The molecule has 158 valence electrons. The molecule has 0 N–H and O–H groups in total. The molecule has 0 saturated carbocycles. The van der Waals surface area contributed by atoms with Crippen LogP contribution in [0.3, 0.4) is 0 Å². The van der Waals surface area contributed by atoms with Crippen molar-refractivity contribution in [3.8, 4) is 11.5 Å². The first-order chi connectivity index (χ1) is 15.0. The Morgan fingerprint density at radius 2 is 1.65 bits per heavy atom. The van der Waals surface area contributed by atoms with Crippen molar-refractivity contribution < 1.29 is 9.47 Å². The van der Waals surface area contributed by atoms with Crippen LogP contribution < -0.4 is 9.47 Å². The van der Waals surface area contributed by atoms with E-state index in [0.717, 1.165) is 50.1 Å². The van der Waals surface area contributed by atoms with E-state index in [-0.39, 0.29) is 0 Å². The maximum Gasteiger partial charge on any atom is 0.133 e. The number of imidazole rings is 1. The fraction of sp³-hybridized carbons (Fsp3) is 0.192. The molecule has 0 bridgehead atoms. The van der Waals surface area contributed by atoms with Crippen LogP contribution in [0.2, 0.25) is 5.02 Å². The van der Waals surface area contributed by atoms with Crippen molar-refractivity contribution >= 4 is 34.8 Å². The normalized spacial score (nSPS) is 11.4. The molecule has 0 spiro atoms. The second kappa shape index (κ2) is 9.27. The number of ether oxygens (including phenoxy) is 2. The van der Waals surface area contributed by atoms with Crippen LogP contribution in [0, 0.1) is 13.8 Å². The van der Waals surface area contributed by atoms with Gasteiger partial charge >= 0.3 is 0 Å². The van der Waals surface area contributed by atoms with E-state index in [1.165, 1.54) is 0 Å². The van der Waals surface area contributed by atoms with Crippen LogP contribution in [-0.2, 0) is 6.54 Å². The van der Waals surface area contributed by atoms with Gasteiger partial charge in [0.15, 0.2) is 0 Å². The Kier molecular flexibility index (Phi) is 6.28. The molecule has 0 unspecified atom stereocenters. The van der Waals surface area contributed by atoms with Gasteiger partial charge in [-0.3, -0.25) is 0 Å². The van der Waals surface area contributed by atoms with E-state index in [1.54, 1.807) is 7.11 Å². The molecule has 3 aromatic carbocycles. The zero-order valence-corrected chi connectivity index (χ0v) is 18.7. The van der Waals surface area contributed by atoms with Crippen molar-refractivity contribution in [1.82, 2.24) is 9.55 Å². The smallest absolute Gasteiger partial charge is 0.133 e. The number of nitrogens with zero attached hydrogens (tertiary/aromatic N) is 2. The van der Waals surface area contributed by atoms with Gasteiger partial charge in [-0.2, -0.15) is 0 Å². The minimum absolute atomic E-state index is 0.532. The fourth-order valence-corrected chi connectivity index (χ4v) is 3.70. The fourth-order valence-electron chi connectivity index (χ4n) is 3.59. The molecule has 1 heterocycles. The van der Waals surface area contributed by atoms with Crippen LogP contribution >= 0.6 is 11.6 Å². The van der Waals surface area contributed by atoms with E-state index in [9.17, 15) is 0 Å². The van der Waals surface area contributed by atoms with Crippen molar-refractivity contribution in [2.24, 2.45) is 0 Å². The summed E-state index contributed by atoms with van der Waals surface area (Å²) in [6.45, 7) is 5.20. The second-order valence-electron chi connectivity index (χ2n) is 7.44. The quantitative estimate of drug-likeness (QED) is 0.331. The Labute approximate surface area is 187 Å². The number of methoxy groups -OCH3 is 1. The third kappa shape index (κ3) is 4.75. The van der Waals surface area contributed by atoms with E-state index >= 15 is 0 Å². The number of hydrogen-bond acceptors (Lipinski definition) is 3. The third-order valence-corrected chi connectivity index (χ3v) is 5.81. The van der Waals surface area contributed by atoms with Gasteiger partial charge in [-0.25, -0.2) is 4.98 Å². The predicted octanol–water partition coefficient (Wildman–Crippen LogP) is 6.56. The predicted molar refractivity (Wildman–Crippen MR) is 128 cm³/mol. The Balaban J connectivity index is 1.55. The highest BCUT2D eigenvalue weighted by Crippen LogP contribution is 2.26. The molecule has 0 aliphatic carbocycles. The molecule has 0 radical (unpaired) electrons. The highest BCUT2D eigenvalue weighted by molar-refractivity contribution is 6.32. The molecule has 4 aromatic rings. The molecule has 0 atom stereocenters. The lowest BCUT2D eigenvalue weighted by Crippen LogP contribution is -2.10. The van der Waals surface area contributed by atoms with Gasteiger partial charge in [-0.1, -0.05) is 41.9 Å². The van der Waals surface area contributed by atoms with Crippen LogP contribution in [0.25, 0.3) is 23.2 Å². The maximum atomic E-state index is 6.27. The van der Waals surface area contributed by atoms with Gasteiger partial charge < -0.3 is 14.0 Å². The summed E-state index contributed by atoms with van der Waals surface area (Å²) in [5.41, 5.74) is 5.18. The Bertz CT molecular complexity index is 1200. The Morgan fingerprint density at radius 3 is 2.35 bits per heavy atom. The van der Waals surface area contributed by atoms with Gasteiger partial charge in [-0.15, -0.1) is 0 Å². The lowest BCUT2D eigenvalue weighted by Gasteiger charge is -2.12. The van der Waals surface area contributed by atoms with Crippen molar-refractivity contribution in [3.05, 3.63) is 88.2 Å². The van der Waals surface area contributed by atoms with Crippen LogP contribution in [0.5, 0.6) is 11.5 Å². The molecular formula is C26H25ClN2O2.